The predicted molar refractivity (Wildman–Crippen MR) is 107 cm³/mol. The molecule has 0 radical (unpaired) electrons. The van der Waals surface area contributed by atoms with Crippen molar-refractivity contribution in [3.8, 4) is 5.75 Å². The number of aryl methyl sites for hydroxylation is 1. The maximum atomic E-state index is 13.1. The average molecular weight is 362 g/mol. The number of anilines is 1. The Hall–Kier alpha value is -1.55. The summed E-state index contributed by atoms with van der Waals surface area (Å²) in [5, 5.41) is 3.10. The van der Waals surface area contributed by atoms with Crippen molar-refractivity contribution >= 4 is 11.6 Å². The second kappa shape index (κ2) is 9.40. The molecular formula is C22H35NO3. The molecule has 0 unspecified atom stereocenters. The first-order valence-electron chi connectivity index (χ1n) is 10.1. The number of hydrogen-bond acceptors (Lipinski definition) is 3. The quantitative estimate of drug-likeness (QED) is 0.666. The van der Waals surface area contributed by atoms with Gasteiger partial charge in [-0.15, -0.1) is 0 Å². The first-order chi connectivity index (χ1) is 12.4. The third kappa shape index (κ3) is 5.23. The Labute approximate surface area is 158 Å². The van der Waals surface area contributed by atoms with E-state index < -0.39 is 5.60 Å². The van der Waals surface area contributed by atoms with Crippen LogP contribution in [-0.2, 0) is 9.53 Å². The highest BCUT2D eigenvalue weighted by molar-refractivity contribution is 5.97. The van der Waals surface area contributed by atoms with Crippen LogP contribution in [0.4, 0.5) is 5.69 Å². The monoisotopic (exact) mass is 361 g/mol. The fourth-order valence-electron chi connectivity index (χ4n) is 3.61. The van der Waals surface area contributed by atoms with Gasteiger partial charge >= 0.3 is 0 Å². The molecule has 1 amide bonds. The molecule has 0 heterocycles. The van der Waals surface area contributed by atoms with Gasteiger partial charge in [0.15, 0.2) is 0 Å². The molecule has 1 aliphatic carbocycles. The van der Waals surface area contributed by atoms with Crippen LogP contribution in [0.2, 0.25) is 0 Å². The first-order valence-corrected chi connectivity index (χ1v) is 10.1. The van der Waals surface area contributed by atoms with Crippen molar-refractivity contribution in [3.63, 3.8) is 0 Å². The van der Waals surface area contributed by atoms with E-state index >= 15 is 0 Å². The van der Waals surface area contributed by atoms with Gasteiger partial charge in [-0.25, -0.2) is 0 Å². The number of hydrogen-bond donors (Lipinski definition) is 1. The number of carbonyl (C=O) groups excluding carboxylic acids is 1. The van der Waals surface area contributed by atoms with E-state index in [4.69, 9.17) is 9.47 Å². The Morgan fingerprint density at radius 3 is 2.77 bits per heavy atom. The molecular weight excluding hydrogens is 326 g/mol. The lowest BCUT2D eigenvalue weighted by molar-refractivity contribution is -0.148. The highest BCUT2D eigenvalue weighted by Gasteiger charge is 2.42. The largest absolute Gasteiger partial charge is 0.490 e. The molecule has 1 aliphatic rings. The fraction of sp³-hybridized carbons (Fsp3) is 0.682. The maximum absolute atomic E-state index is 13.1. The lowest BCUT2D eigenvalue weighted by atomic mass is 9.78. The van der Waals surface area contributed by atoms with Crippen LogP contribution < -0.4 is 10.1 Å². The number of carbonyl (C=O) groups is 1. The normalized spacial score (nSPS) is 24.1. The molecule has 0 aromatic heterocycles. The summed E-state index contributed by atoms with van der Waals surface area (Å²) in [5.41, 5.74) is 1.15. The topological polar surface area (TPSA) is 47.6 Å². The number of ether oxygens (including phenoxy) is 2. The van der Waals surface area contributed by atoms with Gasteiger partial charge in [0.05, 0.1) is 6.10 Å². The molecule has 0 saturated heterocycles. The Morgan fingerprint density at radius 1 is 1.38 bits per heavy atom. The number of rotatable bonds is 8. The summed E-state index contributed by atoms with van der Waals surface area (Å²) in [6, 6.07) is 5.85. The second-order valence-electron chi connectivity index (χ2n) is 7.82. The van der Waals surface area contributed by atoms with Crippen molar-refractivity contribution in [2.24, 2.45) is 5.92 Å². The minimum absolute atomic E-state index is 0.00695. The zero-order valence-electron chi connectivity index (χ0n) is 17.1. The molecule has 0 bridgehead atoms. The van der Waals surface area contributed by atoms with Gasteiger partial charge in [0, 0.05) is 12.3 Å². The standard InChI is InChI=1S/C22H35NO3/c1-6-13-25-22(12-8-9-16(3)15-22)21(24)23-19-10-11-20(17(4)14-19)26-18(5)7-2/h10-11,14,16,18H,6-9,12-13,15H2,1-5H3,(H,23,24)/t16-,18+,22+/m0/s1. The summed E-state index contributed by atoms with van der Waals surface area (Å²) in [5.74, 6) is 1.38. The molecule has 1 aromatic rings. The molecule has 1 saturated carbocycles. The van der Waals surface area contributed by atoms with E-state index in [9.17, 15) is 4.79 Å². The van der Waals surface area contributed by atoms with Crippen molar-refractivity contribution < 1.29 is 14.3 Å². The SMILES string of the molecule is CCCO[C@]1(C(=O)Nc2ccc(O[C@H](C)CC)c(C)c2)CCC[C@H](C)C1. The van der Waals surface area contributed by atoms with Crippen LogP contribution in [0.1, 0.15) is 71.8 Å². The van der Waals surface area contributed by atoms with Crippen molar-refractivity contribution in [2.45, 2.75) is 84.8 Å². The maximum Gasteiger partial charge on any atom is 0.256 e. The Bertz CT molecular complexity index is 601. The molecule has 146 valence electrons. The molecule has 1 N–H and O–H groups in total. The summed E-state index contributed by atoms with van der Waals surface area (Å²) in [6.45, 7) is 11.1. The molecule has 3 atom stereocenters. The first kappa shape index (κ1) is 20.8. The van der Waals surface area contributed by atoms with Gasteiger partial charge < -0.3 is 14.8 Å². The molecule has 2 rings (SSSR count). The van der Waals surface area contributed by atoms with Crippen LogP contribution in [0.15, 0.2) is 18.2 Å². The zero-order valence-corrected chi connectivity index (χ0v) is 17.1. The molecule has 1 aromatic carbocycles. The summed E-state index contributed by atoms with van der Waals surface area (Å²) in [6.07, 6.45) is 5.88. The van der Waals surface area contributed by atoms with Crippen molar-refractivity contribution in [3.05, 3.63) is 23.8 Å². The van der Waals surface area contributed by atoms with Crippen LogP contribution in [0.5, 0.6) is 5.75 Å². The highest BCUT2D eigenvalue weighted by atomic mass is 16.5. The zero-order chi connectivity index (χ0) is 19.2. The van der Waals surface area contributed by atoms with Gasteiger partial charge in [0.1, 0.15) is 11.4 Å². The lowest BCUT2D eigenvalue weighted by Gasteiger charge is -2.38. The number of amides is 1. The predicted octanol–water partition coefficient (Wildman–Crippen LogP) is 5.49. The van der Waals surface area contributed by atoms with Gasteiger partial charge in [0.2, 0.25) is 0 Å². The fourth-order valence-corrected chi connectivity index (χ4v) is 3.61. The summed E-state index contributed by atoms with van der Waals surface area (Å²) >= 11 is 0. The molecule has 26 heavy (non-hydrogen) atoms. The summed E-state index contributed by atoms with van der Waals surface area (Å²) in [7, 11) is 0. The molecule has 0 spiro atoms. The van der Waals surface area contributed by atoms with E-state index in [2.05, 4.69) is 33.0 Å². The smallest absolute Gasteiger partial charge is 0.256 e. The second-order valence-corrected chi connectivity index (χ2v) is 7.82. The van der Waals surface area contributed by atoms with Crippen LogP contribution in [-0.4, -0.2) is 24.2 Å². The molecule has 1 fully saturated rings. The van der Waals surface area contributed by atoms with Crippen LogP contribution >= 0.6 is 0 Å². The average Bonchev–Trinajstić information content (AvgIpc) is 2.62. The lowest BCUT2D eigenvalue weighted by Crippen LogP contribution is -2.48. The number of benzene rings is 1. The third-order valence-corrected chi connectivity index (χ3v) is 5.29. The van der Waals surface area contributed by atoms with E-state index in [-0.39, 0.29) is 12.0 Å². The van der Waals surface area contributed by atoms with E-state index in [1.807, 2.05) is 25.1 Å². The summed E-state index contributed by atoms with van der Waals surface area (Å²) < 4.78 is 12.0. The van der Waals surface area contributed by atoms with Crippen molar-refractivity contribution in [1.29, 1.82) is 0 Å². The van der Waals surface area contributed by atoms with E-state index in [0.717, 1.165) is 49.1 Å². The highest BCUT2D eigenvalue weighted by Crippen LogP contribution is 2.36. The van der Waals surface area contributed by atoms with E-state index in [1.54, 1.807) is 0 Å². The molecule has 4 nitrogen and oxygen atoms in total. The van der Waals surface area contributed by atoms with Gasteiger partial charge in [-0.2, -0.15) is 0 Å². The van der Waals surface area contributed by atoms with Gasteiger partial charge in [-0.1, -0.05) is 27.2 Å². The number of nitrogens with one attached hydrogen (secondary N) is 1. The van der Waals surface area contributed by atoms with Crippen LogP contribution in [0.25, 0.3) is 0 Å². The van der Waals surface area contributed by atoms with Gasteiger partial charge in [-0.3, -0.25) is 4.79 Å². The third-order valence-electron chi connectivity index (χ3n) is 5.29. The molecule has 4 heteroatoms. The van der Waals surface area contributed by atoms with Gasteiger partial charge in [0.25, 0.3) is 5.91 Å². The van der Waals surface area contributed by atoms with E-state index in [1.165, 1.54) is 6.42 Å². The van der Waals surface area contributed by atoms with Crippen LogP contribution in [0, 0.1) is 12.8 Å². The van der Waals surface area contributed by atoms with Crippen molar-refractivity contribution in [1.82, 2.24) is 0 Å². The Kier molecular flexibility index (Phi) is 7.51. The Morgan fingerprint density at radius 2 is 2.15 bits per heavy atom. The van der Waals surface area contributed by atoms with Gasteiger partial charge in [-0.05, 0) is 75.6 Å². The summed E-state index contributed by atoms with van der Waals surface area (Å²) in [4.78, 5) is 13.1. The van der Waals surface area contributed by atoms with Crippen LogP contribution in [0.3, 0.4) is 0 Å². The minimum Gasteiger partial charge on any atom is -0.490 e. The Balaban J connectivity index is 2.12. The van der Waals surface area contributed by atoms with E-state index in [0.29, 0.717) is 12.5 Å². The molecule has 0 aliphatic heterocycles. The minimum atomic E-state index is -0.687. The van der Waals surface area contributed by atoms with Crippen molar-refractivity contribution in [2.75, 3.05) is 11.9 Å².